The van der Waals surface area contributed by atoms with E-state index in [0.29, 0.717) is 72.0 Å². The lowest BCUT2D eigenvalue weighted by Gasteiger charge is -2.35. The summed E-state index contributed by atoms with van der Waals surface area (Å²) in [6.07, 6.45) is 2.68. The minimum absolute atomic E-state index is 0.0516. The van der Waals surface area contributed by atoms with Crippen LogP contribution < -0.4 is 14.4 Å². The Hall–Kier alpha value is -3.66. The smallest absolute Gasteiger partial charge is 0.406 e. The first-order valence-electron chi connectivity index (χ1n) is 14.9. The number of alkyl halides is 3. The molecule has 0 N–H and O–H groups in total. The Morgan fingerprint density at radius 3 is 2.34 bits per heavy atom. The van der Waals surface area contributed by atoms with Crippen molar-refractivity contribution in [2.45, 2.75) is 58.7 Å². The summed E-state index contributed by atoms with van der Waals surface area (Å²) in [5, 5.41) is 0.308. The van der Waals surface area contributed by atoms with Crippen LogP contribution in [-0.2, 0) is 11.2 Å². The highest BCUT2D eigenvalue weighted by molar-refractivity contribution is 6.32. The van der Waals surface area contributed by atoms with Crippen LogP contribution >= 0.6 is 11.6 Å². The minimum atomic E-state index is -4.45. The molecule has 7 nitrogen and oxygen atoms in total. The highest BCUT2D eigenvalue weighted by Crippen LogP contribution is 2.41. The maximum atomic E-state index is 13.8. The van der Waals surface area contributed by atoms with Gasteiger partial charge in [0.2, 0.25) is 5.91 Å². The van der Waals surface area contributed by atoms with Crippen LogP contribution in [0.25, 0.3) is 0 Å². The number of anilines is 2. The van der Waals surface area contributed by atoms with Crippen LogP contribution in [0.1, 0.15) is 45.6 Å². The van der Waals surface area contributed by atoms with Crippen LogP contribution in [0.3, 0.4) is 0 Å². The lowest BCUT2D eigenvalue weighted by atomic mass is 10.1. The molecule has 1 aliphatic heterocycles. The Kier molecular flexibility index (Phi) is 11.2. The van der Waals surface area contributed by atoms with Gasteiger partial charge in [0.15, 0.2) is 0 Å². The van der Waals surface area contributed by atoms with Gasteiger partial charge in [-0.3, -0.25) is 4.79 Å². The molecular weight excluding hydrogens is 593 g/mol. The number of aryl methyl sites for hydroxylation is 1. The third-order valence-electron chi connectivity index (χ3n) is 7.34. The molecule has 11 heteroatoms. The third kappa shape index (κ3) is 9.42. The number of aliphatic imine (C=N–C) groups is 1. The summed E-state index contributed by atoms with van der Waals surface area (Å²) in [7, 11) is 0. The number of amides is 1. The van der Waals surface area contributed by atoms with Crippen molar-refractivity contribution in [2.75, 3.05) is 44.2 Å². The number of benzene rings is 2. The molecule has 0 unspecified atom stereocenters. The van der Waals surface area contributed by atoms with Crippen molar-refractivity contribution in [2.24, 2.45) is 4.99 Å². The van der Waals surface area contributed by atoms with E-state index in [9.17, 15) is 18.0 Å². The van der Waals surface area contributed by atoms with Crippen molar-refractivity contribution in [3.63, 3.8) is 0 Å². The van der Waals surface area contributed by atoms with E-state index < -0.39 is 12.7 Å². The Balaban J connectivity index is 1.48. The van der Waals surface area contributed by atoms with E-state index in [1.54, 1.807) is 48.2 Å². The number of carbonyl (C=O) groups excluding carboxylic acids is 1. The van der Waals surface area contributed by atoms with Crippen molar-refractivity contribution in [3.8, 4) is 11.5 Å². The molecule has 1 amide bonds. The number of ether oxygens (including phenoxy) is 2. The number of hydrogen-bond acceptors (Lipinski definition) is 6. The summed E-state index contributed by atoms with van der Waals surface area (Å²) in [4.78, 5) is 21.3. The third-order valence-corrected chi connectivity index (χ3v) is 7.62. The van der Waals surface area contributed by atoms with E-state index in [4.69, 9.17) is 21.1 Å². The zero-order valence-corrected chi connectivity index (χ0v) is 26.3. The van der Waals surface area contributed by atoms with Crippen molar-refractivity contribution >= 4 is 34.6 Å². The summed E-state index contributed by atoms with van der Waals surface area (Å²) >= 11 is 6.58. The Bertz CT molecular complexity index is 1370. The number of allylic oxidation sites excluding steroid dienone is 1. The largest absolute Gasteiger partial charge is 0.489 e. The van der Waals surface area contributed by atoms with Gasteiger partial charge in [-0.2, -0.15) is 13.2 Å². The van der Waals surface area contributed by atoms with Crippen LogP contribution in [0, 0.1) is 0 Å². The van der Waals surface area contributed by atoms with Crippen LogP contribution in [0.5, 0.6) is 11.5 Å². The van der Waals surface area contributed by atoms with Crippen molar-refractivity contribution < 1.29 is 27.4 Å². The van der Waals surface area contributed by atoms with E-state index in [1.165, 1.54) is 4.90 Å². The van der Waals surface area contributed by atoms with E-state index in [-0.39, 0.29) is 18.6 Å². The summed E-state index contributed by atoms with van der Waals surface area (Å²) in [5.74, 6) is 1.68. The van der Waals surface area contributed by atoms with Gasteiger partial charge < -0.3 is 24.2 Å². The molecule has 1 saturated carbocycles. The number of halogens is 4. The second kappa shape index (κ2) is 14.9. The standard InChI is InChI=1S/C33H40ClF3N4O3/c1-5-7-25-19-28(20-31(34)32(25)44-30-13-14-30)41(22-33(35,36)37)27-9-11-29(12-10-27)43-21-26(8-6-2)38-23(3)39-15-17-40(18-16-39)24(4)42/h6,8-12,19-20,30H,3,5,7,13-18,21-22H2,1-2,4H3/b8-6-,38-26+. The molecule has 0 aromatic heterocycles. The van der Waals surface area contributed by atoms with Gasteiger partial charge >= 0.3 is 6.18 Å². The summed E-state index contributed by atoms with van der Waals surface area (Å²) in [6, 6.07) is 9.77. The fraction of sp³-hybridized carbons (Fsp3) is 0.455. The summed E-state index contributed by atoms with van der Waals surface area (Å²) in [5.41, 5.74) is 2.13. The Labute approximate surface area is 262 Å². The highest BCUT2D eigenvalue weighted by atomic mass is 35.5. The molecule has 0 bridgehead atoms. The van der Waals surface area contributed by atoms with E-state index in [2.05, 4.69) is 11.6 Å². The van der Waals surface area contributed by atoms with Gasteiger partial charge in [-0.15, -0.1) is 0 Å². The van der Waals surface area contributed by atoms with Gasteiger partial charge in [-0.05, 0) is 74.2 Å². The van der Waals surface area contributed by atoms with Crippen molar-refractivity contribution in [1.82, 2.24) is 9.80 Å². The predicted molar refractivity (Wildman–Crippen MR) is 169 cm³/mol. The van der Waals surface area contributed by atoms with Crippen LogP contribution in [0.15, 0.2) is 65.9 Å². The lowest BCUT2D eigenvalue weighted by Crippen LogP contribution is -2.47. The maximum absolute atomic E-state index is 13.8. The normalized spacial score (nSPS) is 15.9. The van der Waals surface area contributed by atoms with Gasteiger partial charge in [0, 0.05) is 44.5 Å². The zero-order valence-electron chi connectivity index (χ0n) is 25.5. The monoisotopic (exact) mass is 632 g/mol. The fourth-order valence-corrected chi connectivity index (χ4v) is 5.22. The Morgan fingerprint density at radius 2 is 1.77 bits per heavy atom. The van der Waals surface area contributed by atoms with Gasteiger partial charge in [0.25, 0.3) is 0 Å². The van der Waals surface area contributed by atoms with E-state index in [1.807, 2.05) is 30.9 Å². The molecule has 1 heterocycles. The number of carbonyl (C=O) groups is 1. The van der Waals surface area contributed by atoms with Crippen LogP contribution in [-0.4, -0.2) is 73.0 Å². The molecule has 1 aliphatic carbocycles. The lowest BCUT2D eigenvalue weighted by molar-refractivity contribution is -0.130. The van der Waals surface area contributed by atoms with Crippen LogP contribution in [0.2, 0.25) is 5.02 Å². The van der Waals surface area contributed by atoms with Gasteiger partial charge in [0.05, 0.1) is 16.8 Å². The average Bonchev–Trinajstić information content (AvgIpc) is 3.81. The molecule has 2 aromatic carbocycles. The molecule has 4 rings (SSSR count). The second-order valence-corrected chi connectivity index (χ2v) is 11.4. The molecule has 2 fully saturated rings. The predicted octanol–water partition coefficient (Wildman–Crippen LogP) is 7.57. The number of piperazine rings is 1. The minimum Gasteiger partial charge on any atom is -0.489 e. The van der Waals surface area contributed by atoms with Crippen LogP contribution in [0.4, 0.5) is 24.5 Å². The topological polar surface area (TPSA) is 57.6 Å². The van der Waals surface area contributed by atoms with E-state index >= 15 is 0 Å². The molecule has 0 atom stereocenters. The molecule has 238 valence electrons. The number of rotatable bonds is 13. The number of nitrogens with zero attached hydrogens (tertiary/aromatic N) is 4. The summed E-state index contributed by atoms with van der Waals surface area (Å²) in [6.45, 7) is 11.0. The molecule has 44 heavy (non-hydrogen) atoms. The molecule has 0 radical (unpaired) electrons. The molecule has 1 saturated heterocycles. The first kappa shape index (κ1) is 33.2. The molecule has 0 spiro atoms. The molecular formula is C33H40ClF3N4O3. The molecule has 2 aliphatic rings. The summed E-state index contributed by atoms with van der Waals surface area (Å²) < 4.78 is 53.3. The second-order valence-electron chi connectivity index (χ2n) is 11.0. The highest BCUT2D eigenvalue weighted by Gasteiger charge is 2.33. The van der Waals surface area contributed by atoms with Gasteiger partial charge in [0.1, 0.15) is 30.5 Å². The SMILES string of the molecule is C=C(/N=C(\C=C/C)COc1ccc(N(CC(F)(F)F)c2cc(Cl)c(OC3CC3)c(CCC)c2)cc1)N1CCN(C(C)=O)CC1. The average molecular weight is 633 g/mol. The maximum Gasteiger partial charge on any atom is 0.406 e. The first-order valence-corrected chi connectivity index (χ1v) is 15.3. The first-order chi connectivity index (χ1) is 21.0. The number of hydrogen-bond donors (Lipinski definition) is 0. The Morgan fingerprint density at radius 1 is 1.11 bits per heavy atom. The van der Waals surface area contributed by atoms with Crippen molar-refractivity contribution in [1.29, 1.82) is 0 Å². The molecule has 2 aromatic rings. The van der Waals surface area contributed by atoms with Gasteiger partial charge in [-0.1, -0.05) is 37.6 Å². The zero-order chi connectivity index (χ0) is 31.9. The van der Waals surface area contributed by atoms with Crippen molar-refractivity contribution in [3.05, 3.63) is 71.5 Å². The van der Waals surface area contributed by atoms with E-state index in [0.717, 1.165) is 24.8 Å². The van der Waals surface area contributed by atoms with Gasteiger partial charge in [-0.25, -0.2) is 4.99 Å². The fourth-order valence-electron chi connectivity index (χ4n) is 4.95. The quantitative estimate of drug-likeness (QED) is 0.213.